The molecule has 110 valence electrons. The second-order valence-electron chi connectivity index (χ2n) is 3.83. The molecule has 6 nitrogen and oxygen atoms in total. The quantitative estimate of drug-likeness (QED) is 0.723. The molecular formula is C12H9Cl2N3O3S. The summed E-state index contributed by atoms with van der Waals surface area (Å²) < 4.78 is 0. The third kappa shape index (κ3) is 4.13. The van der Waals surface area contributed by atoms with E-state index in [0.29, 0.717) is 20.9 Å². The van der Waals surface area contributed by atoms with E-state index >= 15 is 0 Å². The van der Waals surface area contributed by atoms with Crippen LogP contribution in [0.3, 0.4) is 0 Å². The molecule has 0 aliphatic rings. The Morgan fingerprint density at radius 3 is 2.57 bits per heavy atom. The summed E-state index contributed by atoms with van der Waals surface area (Å²) in [5.41, 5.74) is 0.240. The molecule has 2 aromatic rings. The molecule has 1 aromatic carbocycles. The standard InChI is InChI=1S/C12H9Cl2N3O3S/c13-6-2-1-3-7(14)10(6)17-9(18)5-21-12-15-4-8(16-12)11(19)20/h1-4H,5H2,(H,15,16)(H,17,18)(H,19,20). The zero-order valence-electron chi connectivity index (χ0n) is 10.4. The number of aromatic nitrogens is 2. The van der Waals surface area contributed by atoms with E-state index < -0.39 is 5.97 Å². The van der Waals surface area contributed by atoms with Crippen LogP contribution in [-0.4, -0.2) is 32.7 Å². The molecule has 1 heterocycles. The molecule has 1 aromatic heterocycles. The molecule has 0 aliphatic heterocycles. The number of anilines is 1. The second kappa shape index (κ2) is 6.84. The fourth-order valence-corrected chi connectivity index (χ4v) is 2.55. The number of rotatable bonds is 5. The topological polar surface area (TPSA) is 95.1 Å². The first-order chi connectivity index (χ1) is 9.97. The average molecular weight is 346 g/mol. The van der Waals surface area contributed by atoms with Crippen molar-refractivity contribution in [2.24, 2.45) is 0 Å². The first-order valence-corrected chi connectivity index (χ1v) is 7.37. The van der Waals surface area contributed by atoms with E-state index in [1.165, 1.54) is 6.20 Å². The van der Waals surface area contributed by atoms with Gasteiger partial charge in [0.05, 0.1) is 21.5 Å². The Balaban J connectivity index is 1.94. The number of carbonyl (C=O) groups excluding carboxylic acids is 1. The monoisotopic (exact) mass is 345 g/mol. The van der Waals surface area contributed by atoms with Gasteiger partial charge in [-0.1, -0.05) is 41.0 Å². The molecule has 2 rings (SSSR count). The summed E-state index contributed by atoms with van der Waals surface area (Å²) in [5.74, 6) is -1.43. The van der Waals surface area contributed by atoms with E-state index in [9.17, 15) is 9.59 Å². The van der Waals surface area contributed by atoms with Crippen LogP contribution < -0.4 is 5.32 Å². The van der Waals surface area contributed by atoms with Gasteiger partial charge < -0.3 is 15.4 Å². The van der Waals surface area contributed by atoms with Gasteiger partial charge in [0.2, 0.25) is 5.91 Å². The number of H-pyrrole nitrogens is 1. The van der Waals surface area contributed by atoms with Crippen LogP contribution in [0, 0.1) is 0 Å². The number of hydrogen-bond donors (Lipinski definition) is 3. The van der Waals surface area contributed by atoms with Crippen molar-refractivity contribution in [2.45, 2.75) is 5.16 Å². The summed E-state index contributed by atoms with van der Waals surface area (Å²) in [6, 6.07) is 4.90. The fraction of sp³-hybridized carbons (Fsp3) is 0.0833. The second-order valence-corrected chi connectivity index (χ2v) is 5.61. The molecule has 0 bridgehead atoms. The van der Waals surface area contributed by atoms with Gasteiger partial charge in [0.1, 0.15) is 0 Å². The van der Waals surface area contributed by atoms with Gasteiger partial charge in [0.25, 0.3) is 0 Å². The molecule has 0 saturated carbocycles. The third-order valence-electron chi connectivity index (χ3n) is 2.34. The van der Waals surface area contributed by atoms with E-state index in [2.05, 4.69) is 15.3 Å². The number of benzene rings is 1. The van der Waals surface area contributed by atoms with Gasteiger partial charge in [-0.3, -0.25) is 4.79 Å². The van der Waals surface area contributed by atoms with Crippen LogP contribution in [0.5, 0.6) is 0 Å². The summed E-state index contributed by atoms with van der Waals surface area (Å²) in [7, 11) is 0. The molecule has 0 atom stereocenters. The van der Waals surface area contributed by atoms with Gasteiger partial charge in [0, 0.05) is 6.20 Å². The van der Waals surface area contributed by atoms with Gasteiger partial charge in [-0.05, 0) is 12.1 Å². The van der Waals surface area contributed by atoms with Crippen molar-refractivity contribution >= 4 is 52.5 Å². The lowest BCUT2D eigenvalue weighted by Gasteiger charge is -2.08. The Morgan fingerprint density at radius 2 is 2.00 bits per heavy atom. The summed E-state index contributed by atoms with van der Waals surface area (Å²) in [6.07, 6.45) is 1.26. The number of para-hydroxylation sites is 1. The minimum atomic E-state index is -1.13. The lowest BCUT2D eigenvalue weighted by Crippen LogP contribution is -2.14. The Morgan fingerprint density at radius 1 is 1.33 bits per heavy atom. The number of carboxylic acid groups (broad SMARTS) is 1. The summed E-state index contributed by atoms with van der Waals surface area (Å²) in [5, 5.41) is 12.3. The SMILES string of the molecule is O=C(CSc1nc(C(=O)O)c[nH]1)Nc1c(Cl)cccc1Cl. The van der Waals surface area contributed by atoms with Crippen LogP contribution >= 0.6 is 35.0 Å². The maximum atomic E-state index is 11.8. The average Bonchev–Trinajstić information content (AvgIpc) is 2.90. The van der Waals surface area contributed by atoms with Crippen LogP contribution in [-0.2, 0) is 4.79 Å². The van der Waals surface area contributed by atoms with Crippen molar-refractivity contribution < 1.29 is 14.7 Å². The number of carboxylic acids is 1. The van der Waals surface area contributed by atoms with Crippen LogP contribution in [0.4, 0.5) is 5.69 Å². The first-order valence-electron chi connectivity index (χ1n) is 5.62. The van der Waals surface area contributed by atoms with Crippen LogP contribution in [0.2, 0.25) is 10.0 Å². The number of amides is 1. The lowest BCUT2D eigenvalue weighted by molar-refractivity contribution is -0.113. The Labute approximate surface area is 133 Å². The van der Waals surface area contributed by atoms with Gasteiger partial charge in [-0.15, -0.1) is 0 Å². The largest absolute Gasteiger partial charge is 0.476 e. The van der Waals surface area contributed by atoms with Crippen molar-refractivity contribution in [1.82, 2.24) is 9.97 Å². The maximum absolute atomic E-state index is 11.8. The zero-order chi connectivity index (χ0) is 15.4. The lowest BCUT2D eigenvalue weighted by atomic mass is 10.3. The number of imidazole rings is 1. The molecule has 0 aliphatic carbocycles. The van der Waals surface area contributed by atoms with Gasteiger partial charge in [-0.2, -0.15) is 0 Å². The number of halogens is 2. The van der Waals surface area contributed by atoms with Crippen molar-refractivity contribution in [3.8, 4) is 0 Å². The number of hydrogen-bond acceptors (Lipinski definition) is 4. The molecule has 9 heteroatoms. The van der Waals surface area contributed by atoms with Crippen molar-refractivity contribution in [2.75, 3.05) is 11.1 Å². The van der Waals surface area contributed by atoms with Crippen LogP contribution in [0.15, 0.2) is 29.6 Å². The van der Waals surface area contributed by atoms with Crippen molar-refractivity contribution in [3.63, 3.8) is 0 Å². The summed E-state index contributed by atoms with van der Waals surface area (Å²) in [6.45, 7) is 0. The predicted octanol–water partition coefficient (Wildman–Crippen LogP) is 3.15. The van der Waals surface area contributed by atoms with Crippen molar-refractivity contribution in [3.05, 3.63) is 40.1 Å². The third-order valence-corrected chi connectivity index (χ3v) is 3.86. The number of aromatic carboxylic acids is 1. The summed E-state index contributed by atoms with van der Waals surface area (Å²) in [4.78, 5) is 29.0. The summed E-state index contributed by atoms with van der Waals surface area (Å²) >= 11 is 12.9. The molecule has 0 spiro atoms. The number of nitrogens with one attached hydrogen (secondary N) is 2. The molecular weight excluding hydrogens is 337 g/mol. The molecule has 1 amide bonds. The molecule has 0 radical (unpaired) electrons. The van der Waals surface area contributed by atoms with Gasteiger partial charge in [0.15, 0.2) is 10.9 Å². The zero-order valence-corrected chi connectivity index (χ0v) is 12.7. The van der Waals surface area contributed by atoms with E-state index in [4.69, 9.17) is 28.3 Å². The van der Waals surface area contributed by atoms with E-state index in [0.717, 1.165) is 11.8 Å². The van der Waals surface area contributed by atoms with E-state index in [1.807, 2.05) is 0 Å². The number of carbonyl (C=O) groups is 2. The number of aromatic amines is 1. The highest BCUT2D eigenvalue weighted by Crippen LogP contribution is 2.30. The molecule has 21 heavy (non-hydrogen) atoms. The fourth-order valence-electron chi connectivity index (χ4n) is 1.41. The molecule has 0 unspecified atom stereocenters. The smallest absolute Gasteiger partial charge is 0.356 e. The van der Waals surface area contributed by atoms with Crippen molar-refractivity contribution in [1.29, 1.82) is 0 Å². The highest BCUT2D eigenvalue weighted by atomic mass is 35.5. The molecule has 3 N–H and O–H groups in total. The predicted molar refractivity (Wildman–Crippen MR) is 81.4 cm³/mol. The molecule has 0 saturated heterocycles. The first kappa shape index (κ1) is 15.7. The van der Waals surface area contributed by atoms with Gasteiger partial charge >= 0.3 is 5.97 Å². The van der Waals surface area contributed by atoms with E-state index in [1.54, 1.807) is 18.2 Å². The number of thioether (sulfide) groups is 1. The minimum Gasteiger partial charge on any atom is -0.476 e. The highest BCUT2D eigenvalue weighted by molar-refractivity contribution is 7.99. The normalized spacial score (nSPS) is 10.4. The van der Waals surface area contributed by atoms with Crippen LogP contribution in [0.25, 0.3) is 0 Å². The maximum Gasteiger partial charge on any atom is 0.356 e. The van der Waals surface area contributed by atoms with Gasteiger partial charge in [-0.25, -0.2) is 9.78 Å². The highest BCUT2D eigenvalue weighted by Gasteiger charge is 2.12. The Bertz CT molecular complexity index is 670. The Hall–Kier alpha value is -1.70. The Kier molecular flexibility index (Phi) is 5.11. The minimum absolute atomic E-state index is 0.0358. The molecule has 0 fully saturated rings. The number of nitrogens with zero attached hydrogens (tertiary/aromatic N) is 1. The van der Waals surface area contributed by atoms with E-state index in [-0.39, 0.29) is 17.4 Å². The van der Waals surface area contributed by atoms with Crippen LogP contribution in [0.1, 0.15) is 10.5 Å².